The molecule has 4 aromatic rings. The first kappa shape index (κ1) is 27.1. The van der Waals surface area contributed by atoms with Crippen molar-refractivity contribution in [3.8, 4) is 11.5 Å². The van der Waals surface area contributed by atoms with E-state index < -0.39 is 0 Å². The molecule has 1 saturated heterocycles. The van der Waals surface area contributed by atoms with E-state index in [2.05, 4.69) is 0 Å². The molecule has 1 unspecified atom stereocenters. The molecule has 0 saturated carbocycles. The predicted octanol–water partition coefficient (Wildman–Crippen LogP) is 4.74. The summed E-state index contributed by atoms with van der Waals surface area (Å²) in [5.74, 6) is 1.13. The summed E-state index contributed by atoms with van der Waals surface area (Å²) < 4.78 is 18.7. The van der Waals surface area contributed by atoms with E-state index >= 15 is 0 Å². The Balaban J connectivity index is 1.40. The van der Waals surface area contributed by atoms with Crippen molar-refractivity contribution in [1.82, 2.24) is 19.2 Å². The van der Waals surface area contributed by atoms with E-state index in [9.17, 15) is 9.59 Å². The van der Waals surface area contributed by atoms with Crippen molar-refractivity contribution < 1.29 is 23.8 Å². The second kappa shape index (κ2) is 12.5. The average molecular weight is 543 g/mol. The monoisotopic (exact) mass is 542 g/mol. The molecule has 2 amide bonds. The largest absolute Gasteiger partial charge is 0.497 e. The molecule has 1 aliphatic heterocycles. The number of carbonyl (C=O) groups is 2. The zero-order valence-electron chi connectivity index (χ0n) is 22.9. The number of imidazole rings is 1. The van der Waals surface area contributed by atoms with Crippen molar-refractivity contribution in [3.05, 3.63) is 95.9 Å². The number of fused-ring (bicyclic) bond motifs is 1. The Labute approximate surface area is 233 Å². The number of ether oxygens (including phenoxy) is 3. The number of piperazine rings is 1. The molecule has 2 aromatic heterocycles. The number of benzene rings is 2. The Morgan fingerprint density at radius 3 is 2.48 bits per heavy atom. The highest BCUT2D eigenvalue weighted by Gasteiger charge is 2.29. The fourth-order valence-electron chi connectivity index (χ4n) is 5.02. The van der Waals surface area contributed by atoms with Crippen molar-refractivity contribution in [2.45, 2.75) is 25.9 Å². The van der Waals surface area contributed by atoms with E-state index in [-0.39, 0.29) is 24.3 Å². The molecule has 0 bridgehead atoms. The third-order valence-corrected chi connectivity index (χ3v) is 7.16. The number of hydrogen-bond donors (Lipinski definition) is 0. The fourth-order valence-corrected chi connectivity index (χ4v) is 5.02. The summed E-state index contributed by atoms with van der Waals surface area (Å²) in [6.45, 7) is 4.38. The molecule has 5 rings (SSSR count). The van der Waals surface area contributed by atoms with Gasteiger partial charge in [-0.05, 0) is 42.3 Å². The molecule has 1 aliphatic rings. The Morgan fingerprint density at radius 2 is 1.73 bits per heavy atom. The topological polar surface area (TPSA) is 85.6 Å². The van der Waals surface area contributed by atoms with Crippen LogP contribution in [0.3, 0.4) is 0 Å². The van der Waals surface area contributed by atoms with Crippen LogP contribution in [-0.2, 0) is 16.1 Å². The summed E-state index contributed by atoms with van der Waals surface area (Å²) in [4.78, 5) is 33.9. The fraction of sp³-hybridized carbons (Fsp3) is 0.323. The smallest absolute Gasteiger partial charge is 0.409 e. The van der Waals surface area contributed by atoms with Gasteiger partial charge in [0.25, 0.3) is 0 Å². The van der Waals surface area contributed by atoms with Crippen molar-refractivity contribution in [2.24, 2.45) is 0 Å². The average Bonchev–Trinajstić information content (AvgIpc) is 3.44. The lowest BCUT2D eigenvalue weighted by atomic mass is 9.91. The lowest BCUT2D eigenvalue weighted by Crippen LogP contribution is -2.51. The van der Waals surface area contributed by atoms with Crippen LogP contribution >= 0.6 is 0 Å². The van der Waals surface area contributed by atoms with Gasteiger partial charge in [-0.1, -0.05) is 42.5 Å². The van der Waals surface area contributed by atoms with E-state index in [0.717, 1.165) is 22.6 Å². The summed E-state index contributed by atoms with van der Waals surface area (Å²) in [5, 5.41) is 0. The highest BCUT2D eigenvalue weighted by molar-refractivity contribution is 5.78. The molecule has 1 atom stereocenters. The van der Waals surface area contributed by atoms with Gasteiger partial charge in [0.05, 0.1) is 19.4 Å². The molecule has 0 N–H and O–H groups in total. The minimum Gasteiger partial charge on any atom is -0.497 e. The van der Waals surface area contributed by atoms with Gasteiger partial charge in [0.1, 0.15) is 12.4 Å². The van der Waals surface area contributed by atoms with E-state index in [0.29, 0.717) is 50.8 Å². The first-order valence-electron chi connectivity index (χ1n) is 13.5. The Kier molecular flexibility index (Phi) is 8.49. The number of amides is 2. The second-order valence-electron chi connectivity index (χ2n) is 9.62. The number of rotatable bonds is 9. The van der Waals surface area contributed by atoms with E-state index in [1.165, 1.54) is 0 Å². The molecule has 3 heterocycles. The minimum atomic E-state index is -0.333. The first-order valence-corrected chi connectivity index (χ1v) is 13.5. The van der Waals surface area contributed by atoms with Crippen molar-refractivity contribution in [3.63, 3.8) is 0 Å². The van der Waals surface area contributed by atoms with Crippen LogP contribution in [-0.4, -0.2) is 71.1 Å². The van der Waals surface area contributed by atoms with Gasteiger partial charge < -0.3 is 28.4 Å². The lowest BCUT2D eigenvalue weighted by molar-refractivity contribution is -0.133. The van der Waals surface area contributed by atoms with Crippen LogP contribution in [0.5, 0.6) is 11.5 Å². The van der Waals surface area contributed by atoms with Gasteiger partial charge in [0.15, 0.2) is 11.4 Å². The van der Waals surface area contributed by atoms with Gasteiger partial charge in [-0.15, -0.1) is 0 Å². The lowest BCUT2D eigenvalue weighted by Gasteiger charge is -2.34. The molecule has 9 nitrogen and oxygen atoms in total. The van der Waals surface area contributed by atoms with Crippen LogP contribution in [0.2, 0.25) is 0 Å². The van der Waals surface area contributed by atoms with Gasteiger partial charge in [0, 0.05) is 50.9 Å². The van der Waals surface area contributed by atoms with Gasteiger partial charge in [0.2, 0.25) is 5.91 Å². The van der Waals surface area contributed by atoms with Gasteiger partial charge >= 0.3 is 6.09 Å². The van der Waals surface area contributed by atoms with Crippen LogP contribution < -0.4 is 9.47 Å². The maximum Gasteiger partial charge on any atom is 0.409 e. The Morgan fingerprint density at radius 1 is 0.950 bits per heavy atom. The van der Waals surface area contributed by atoms with Crippen LogP contribution in [0.25, 0.3) is 5.65 Å². The third kappa shape index (κ3) is 6.03. The van der Waals surface area contributed by atoms with Crippen LogP contribution in [0.15, 0.2) is 79.1 Å². The summed E-state index contributed by atoms with van der Waals surface area (Å²) in [6.07, 6.45) is 3.68. The molecule has 0 aliphatic carbocycles. The highest BCUT2D eigenvalue weighted by Crippen LogP contribution is 2.33. The normalized spacial score (nSPS) is 14.2. The number of nitrogens with zero attached hydrogens (tertiary/aromatic N) is 4. The summed E-state index contributed by atoms with van der Waals surface area (Å²) in [7, 11) is 1.63. The van der Waals surface area contributed by atoms with E-state index in [1.807, 2.05) is 88.4 Å². The maximum absolute atomic E-state index is 13.6. The predicted molar refractivity (Wildman–Crippen MR) is 151 cm³/mol. The zero-order valence-corrected chi connectivity index (χ0v) is 22.9. The number of aromatic nitrogens is 2. The van der Waals surface area contributed by atoms with Crippen molar-refractivity contribution in [2.75, 3.05) is 39.9 Å². The minimum absolute atomic E-state index is 0.0164. The number of methoxy groups -OCH3 is 1. The maximum atomic E-state index is 13.6. The summed E-state index contributed by atoms with van der Waals surface area (Å²) >= 11 is 0. The Bertz CT molecular complexity index is 1450. The van der Waals surface area contributed by atoms with E-state index in [1.54, 1.807) is 18.9 Å². The molecular weight excluding hydrogens is 508 g/mol. The number of hydrogen-bond acceptors (Lipinski definition) is 6. The van der Waals surface area contributed by atoms with Crippen molar-refractivity contribution >= 4 is 17.6 Å². The third-order valence-electron chi connectivity index (χ3n) is 7.16. The van der Waals surface area contributed by atoms with Crippen molar-refractivity contribution in [1.29, 1.82) is 0 Å². The van der Waals surface area contributed by atoms with Gasteiger partial charge in [-0.25, -0.2) is 9.78 Å². The highest BCUT2D eigenvalue weighted by atomic mass is 16.6. The summed E-state index contributed by atoms with van der Waals surface area (Å²) in [6, 6.07) is 21.6. The van der Waals surface area contributed by atoms with Gasteiger partial charge in [-0.2, -0.15) is 0 Å². The SMILES string of the molecule is CCOC(=O)N1CCN(C(=O)CC(c2cccc(OC)c2)c2cnc3c(OCc4ccccc4)cccn23)CC1. The Hall–Kier alpha value is -4.53. The first-order chi connectivity index (χ1) is 19.6. The standard InChI is InChI=1S/C31H34N4O5/c1-3-39-31(37)34-17-15-33(16-18-34)29(36)20-26(24-11-7-12-25(19-24)38-2)27-21-32-30-28(13-8-14-35(27)30)40-22-23-9-5-4-6-10-23/h4-14,19,21,26H,3,15-18,20,22H2,1-2H3. The summed E-state index contributed by atoms with van der Waals surface area (Å²) in [5.41, 5.74) is 3.60. The quantitative estimate of drug-likeness (QED) is 0.304. The van der Waals surface area contributed by atoms with Crippen LogP contribution in [0.1, 0.15) is 36.1 Å². The zero-order chi connectivity index (χ0) is 27.9. The van der Waals surface area contributed by atoms with E-state index in [4.69, 9.17) is 19.2 Å². The van der Waals surface area contributed by atoms with Gasteiger partial charge in [-0.3, -0.25) is 4.79 Å². The van der Waals surface area contributed by atoms with Crippen LogP contribution in [0, 0.1) is 0 Å². The molecule has 208 valence electrons. The number of carbonyl (C=O) groups excluding carboxylic acids is 2. The van der Waals surface area contributed by atoms with Crippen LogP contribution in [0.4, 0.5) is 4.79 Å². The molecular formula is C31H34N4O5. The molecule has 2 aromatic carbocycles. The second-order valence-corrected chi connectivity index (χ2v) is 9.62. The number of pyridine rings is 1. The molecule has 9 heteroatoms. The molecule has 1 fully saturated rings. The molecule has 0 spiro atoms. The molecule has 40 heavy (non-hydrogen) atoms. The molecule has 0 radical (unpaired) electrons.